The summed E-state index contributed by atoms with van der Waals surface area (Å²) >= 11 is 0. The zero-order valence-corrected chi connectivity index (χ0v) is 13.4. The molecule has 0 aliphatic rings. The summed E-state index contributed by atoms with van der Waals surface area (Å²) in [7, 11) is 1.83. The monoisotopic (exact) mass is 296 g/mol. The summed E-state index contributed by atoms with van der Waals surface area (Å²) in [5.41, 5.74) is 2.40. The summed E-state index contributed by atoms with van der Waals surface area (Å²) in [5.74, 6) is -0.485. The average molecular weight is 296 g/mol. The van der Waals surface area contributed by atoms with Crippen molar-refractivity contribution in [3.05, 3.63) is 11.4 Å². The standard InChI is InChI=1S/C14H24N4O3/c1-6-18(9-13(20)21-7-2)8-12(19)15-14-10(3)16-17(5)11(14)4/h6-9H2,1-5H3,(H,15,19). The lowest BCUT2D eigenvalue weighted by Crippen LogP contribution is -2.37. The fourth-order valence-corrected chi connectivity index (χ4v) is 2.01. The highest BCUT2D eigenvalue weighted by atomic mass is 16.5. The minimum Gasteiger partial charge on any atom is -0.465 e. The van der Waals surface area contributed by atoms with Gasteiger partial charge in [0.25, 0.3) is 0 Å². The molecule has 1 heterocycles. The minimum absolute atomic E-state index is 0.114. The normalized spacial score (nSPS) is 10.8. The molecule has 1 rings (SSSR count). The number of aryl methyl sites for hydroxylation is 2. The third-order valence-corrected chi connectivity index (χ3v) is 3.25. The van der Waals surface area contributed by atoms with E-state index in [4.69, 9.17) is 4.74 Å². The van der Waals surface area contributed by atoms with Crippen LogP contribution in [0.25, 0.3) is 0 Å². The molecular formula is C14H24N4O3. The van der Waals surface area contributed by atoms with Gasteiger partial charge in [-0.15, -0.1) is 0 Å². The Bertz CT molecular complexity index is 511. The first-order valence-electron chi connectivity index (χ1n) is 7.07. The van der Waals surface area contributed by atoms with Gasteiger partial charge < -0.3 is 10.1 Å². The van der Waals surface area contributed by atoms with Crippen molar-refractivity contribution in [2.24, 2.45) is 7.05 Å². The Labute approximate surface area is 125 Å². The van der Waals surface area contributed by atoms with Crippen LogP contribution >= 0.6 is 0 Å². The third-order valence-electron chi connectivity index (χ3n) is 3.25. The Morgan fingerprint density at radius 1 is 1.29 bits per heavy atom. The van der Waals surface area contributed by atoms with Crippen molar-refractivity contribution in [2.45, 2.75) is 27.7 Å². The van der Waals surface area contributed by atoms with Crippen LogP contribution in [0.1, 0.15) is 25.2 Å². The number of carbonyl (C=O) groups is 2. The first kappa shape index (κ1) is 17.2. The lowest BCUT2D eigenvalue weighted by atomic mass is 10.3. The van der Waals surface area contributed by atoms with Gasteiger partial charge in [0, 0.05) is 7.05 Å². The van der Waals surface area contributed by atoms with Gasteiger partial charge in [-0.05, 0) is 27.3 Å². The highest BCUT2D eigenvalue weighted by molar-refractivity contribution is 5.93. The van der Waals surface area contributed by atoms with E-state index >= 15 is 0 Å². The molecule has 0 spiro atoms. The van der Waals surface area contributed by atoms with Crippen LogP contribution < -0.4 is 5.32 Å². The molecule has 0 atom stereocenters. The van der Waals surface area contributed by atoms with Crippen LogP contribution in [-0.2, 0) is 21.4 Å². The van der Waals surface area contributed by atoms with Gasteiger partial charge in [0.1, 0.15) is 0 Å². The van der Waals surface area contributed by atoms with Crippen LogP contribution in [0.2, 0.25) is 0 Å². The van der Waals surface area contributed by atoms with Crippen LogP contribution in [0, 0.1) is 13.8 Å². The number of hydrogen-bond donors (Lipinski definition) is 1. The number of rotatable bonds is 7. The smallest absolute Gasteiger partial charge is 0.320 e. The summed E-state index contributed by atoms with van der Waals surface area (Å²) in [6, 6.07) is 0. The van der Waals surface area contributed by atoms with Crippen molar-refractivity contribution < 1.29 is 14.3 Å². The van der Waals surface area contributed by atoms with Gasteiger partial charge >= 0.3 is 5.97 Å². The number of nitrogens with one attached hydrogen (secondary N) is 1. The predicted molar refractivity (Wildman–Crippen MR) is 80.1 cm³/mol. The van der Waals surface area contributed by atoms with Gasteiger partial charge in [-0.3, -0.25) is 19.2 Å². The number of nitrogens with zero attached hydrogens (tertiary/aromatic N) is 3. The Morgan fingerprint density at radius 2 is 1.95 bits per heavy atom. The highest BCUT2D eigenvalue weighted by Gasteiger charge is 2.16. The van der Waals surface area contributed by atoms with E-state index in [0.29, 0.717) is 13.2 Å². The van der Waals surface area contributed by atoms with Gasteiger partial charge in [-0.1, -0.05) is 6.92 Å². The van der Waals surface area contributed by atoms with E-state index < -0.39 is 0 Å². The van der Waals surface area contributed by atoms with Crippen molar-refractivity contribution >= 4 is 17.6 Å². The van der Waals surface area contributed by atoms with E-state index in [1.54, 1.807) is 16.5 Å². The second-order valence-electron chi connectivity index (χ2n) is 4.83. The predicted octanol–water partition coefficient (Wildman–Crippen LogP) is 0.860. The topological polar surface area (TPSA) is 76.5 Å². The zero-order chi connectivity index (χ0) is 16.0. The van der Waals surface area contributed by atoms with Gasteiger partial charge in [0.15, 0.2) is 0 Å². The summed E-state index contributed by atoms with van der Waals surface area (Å²) in [5, 5.41) is 7.10. The second kappa shape index (κ2) is 7.78. The Morgan fingerprint density at radius 3 is 2.43 bits per heavy atom. The Hall–Kier alpha value is -1.89. The fourth-order valence-electron chi connectivity index (χ4n) is 2.01. The fraction of sp³-hybridized carbons (Fsp3) is 0.643. The minimum atomic E-state index is -0.319. The molecule has 0 bridgehead atoms. The maximum atomic E-state index is 12.1. The number of ether oxygens (including phenoxy) is 1. The number of esters is 1. The molecule has 0 aliphatic heterocycles. The molecular weight excluding hydrogens is 272 g/mol. The van der Waals surface area contributed by atoms with Crippen molar-refractivity contribution in [1.29, 1.82) is 0 Å². The van der Waals surface area contributed by atoms with Gasteiger partial charge in [0.05, 0.1) is 36.8 Å². The van der Waals surface area contributed by atoms with E-state index in [2.05, 4.69) is 10.4 Å². The summed E-state index contributed by atoms with van der Waals surface area (Å²) < 4.78 is 6.61. The average Bonchev–Trinajstić information content (AvgIpc) is 2.65. The molecule has 0 saturated carbocycles. The number of hydrogen-bond acceptors (Lipinski definition) is 5. The van der Waals surface area contributed by atoms with Gasteiger partial charge in [-0.2, -0.15) is 5.10 Å². The van der Waals surface area contributed by atoms with Crippen LogP contribution in [0.5, 0.6) is 0 Å². The molecule has 1 aromatic heterocycles. The van der Waals surface area contributed by atoms with Crippen molar-refractivity contribution in [3.63, 3.8) is 0 Å². The molecule has 0 aliphatic carbocycles. The quantitative estimate of drug-likeness (QED) is 0.755. The van der Waals surface area contributed by atoms with E-state index in [-0.39, 0.29) is 25.0 Å². The number of anilines is 1. The van der Waals surface area contributed by atoms with Crippen LogP contribution in [0.3, 0.4) is 0 Å². The molecule has 0 unspecified atom stereocenters. The first-order chi connectivity index (χ1) is 9.88. The summed E-state index contributed by atoms with van der Waals surface area (Å²) in [6.45, 7) is 8.59. The largest absolute Gasteiger partial charge is 0.465 e. The van der Waals surface area contributed by atoms with E-state index in [1.165, 1.54) is 0 Å². The van der Waals surface area contributed by atoms with Gasteiger partial charge in [-0.25, -0.2) is 0 Å². The molecule has 7 heteroatoms. The molecule has 1 aromatic rings. The van der Waals surface area contributed by atoms with E-state index in [9.17, 15) is 9.59 Å². The molecule has 7 nitrogen and oxygen atoms in total. The Balaban J connectivity index is 2.60. The van der Waals surface area contributed by atoms with Crippen molar-refractivity contribution in [2.75, 3.05) is 31.6 Å². The lowest BCUT2D eigenvalue weighted by molar-refractivity contribution is -0.144. The third kappa shape index (κ3) is 4.86. The zero-order valence-electron chi connectivity index (χ0n) is 13.4. The molecule has 1 N–H and O–H groups in total. The molecule has 1 amide bonds. The molecule has 0 radical (unpaired) electrons. The maximum absolute atomic E-state index is 12.1. The maximum Gasteiger partial charge on any atom is 0.320 e. The van der Waals surface area contributed by atoms with Crippen LogP contribution in [0.15, 0.2) is 0 Å². The van der Waals surface area contributed by atoms with Crippen molar-refractivity contribution in [3.8, 4) is 0 Å². The number of amides is 1. The molecule has 0 saturated heterocycles. The summed E-state index contributed by atoms with van der Waals surface area (Å²) in [6.07, 6.45) is 0. The molecule has 118 valence electrons. The van der Waals surface area contributed by atoms with Gasteiger partial charge in [0.2, 0.25) is 5.91 Å². The van der Waals surface area contributed by atoms with Crippen LogP contribution in [-0.4, -0.2) is 52.8 Å². The number of carbonyl (C=O) groups excluding carboxylic acids is 2. The second-order valence-corrected chi connectivity index (χ2v) is 4.83. The Kier molecular flexibility index (Phi) is 6.36. The number of aromatic nitrogens is 2. The highest BCUT2D eigenvalue weighted by Crippen LogP contribution is 2.18. The number of likely N-dealkylation sites (N-methyl/N-ethyl adjacent to an activating group) is 1. The van der Waals surface area contributed by atoms with E-state index in [1.807, 2.05) is 27.8 Å². The van der Waals surface area contributed by atoms with Crippen molar-refractivity contribution in [1.82, 2.24) is 14.7 Å². The lowest BCUT2D eigenvalue weighted by Gasteiger charge is -2.18. The summed E-state index contributed by atoms with van der Waals surface area (Å²) in [4.78, 5) is 25.3. The van der Waals surface area contributed by atoms with Crippen LogP contribution in [0.4, 0.5) is 5.69 Å². The van der Waals surface area contributed by atoms with E-state index in [0.717, 1.165) is 17.1 Å². The molecule has 0 fully saturated rings. The molecule has 0 aromatic carbocycles. The first-order valence-corrected chi connectivity index (χ1v) is 7.07. The molecule has 21 heavy (non-hydrogen) atoms. The SMILES string of the molecule is CCOC(=O)CN(CC)CC(=O)Nc1c(C)nn(C)c1C.